The molecule has 0 spiro atoms. The molecular weight excluding hydrogens is 887 g/mol. The summed E-state index contributed by atoms with van der Waals surface area (Å²) < 4.78 is 29.9. The molecule has 15 atom stereocenters. The predicted octanol–water partition coefficient (Wildman–Crippen LogP) is 6.05. The Kier molecular flexibility index (Phi) is 20.8. The molecule has 69 heavy (non-hydrogen) atoms. The number of carbonyl (C=O) groups excluding carboxylic acids is 5. The van der Waals surface area contributed by atoms with Crippen molar-refractivity contribution in [3.63, 3.8) is 0 Å². The van der Waals surface area contributed by atoms with Crippen molar-refractivity contribution in [2.24, 2.45) is 35.5 Å². The van der Waals surface area contributed by atoms with Crippen LogP contribution in [0, 0.1) is 35.5 Å². The lowest BCUT2D eigenvalue weighted by molar-refractivity contribution is -0.265. The van der Waals surface area contributed by atoms with E-state index in [1.807, 2.05) is 58.1 Å². The van der Waals surface area contributed by atoms with Crippen LogP contribution in [0.1, 0.15) is 132 Å². The normalized spacial score (nSPS) is 37.5. The van der Waals surface area contributed by atoms with Gasteiger partial charge in [-0.3, -0.25) is 19.2 Å². The van der Waals surface area contributed by atoms with Crippen LogP contribution in [0.15, 0.2) is 53.9 Å². The second-order valence-corrected chi connectivity index (χ2v) is 20.3. The number of nitrogens with zero attached hydrogens (tertiary/aromatic N) is 5. The third-order valence-electron chi connectivity index (χ3n) is 15.1. The Morgan fingerprint density at radius 1 is 0.884 bits per heavy atom. The van der Waals surface area contributed by atoms with Crippen molar-refractivity contribution >= 4 is 29.2 Å². The average Bonchev–Trinajstić information content (AvgIpc) is 3.88. The number of fused-ring (bicyclic) bond motifs is 3. The molecule has 17 heteroatoms. The van der Waals surface area contributed by atoms with Gasteiger partial charge in [0, 0.05) is 58.5 Å². The van der Waals surface area contributed by atoms with Crippen LogP contribution in [-0.2, 0) is 47.7 Å². The molecule has 0 radical (unpaired) electrons. The van der Waals surface area contributed by atoms with Crippen molar-refractivity contribution in [1.29, 1.82) is 0 Å². The molecule has 1 aromatic rings. The van der Waals surface area contributed by atoms with Crippen molar-refractivity contribution in [1.82, 2.24) is 25.1 Å². The van der Waals surface area contributed by atoms with E-state index >= 15 is 0 Å². The summed E-state index contributed by atoms with van der Waals surface area (Å²) in [6, 6.07) is -1.24. The lowest BCUT2D eigenvalue weighted by atomic mass is 9.77. The van der Waals surface area contributed by atoms with Gasteiger partial charge < -0.3 is 38.8 Å². The zero-order chi connectivity index (χ0) is 50.6. The molecule has 1 aromatic heterocycles. The second kappa shape index (κ2) is 25.7. The zero-order valence-electron chi connectivity index (χ0n) is 42.5. The number of aliphatic hydroxyl groups excluding tert-OH is 1. The van der Waals surface area contributed by atoms with E-state index in [-0.39, 0.29) is 60.9 Å². The highest BCUT2D eigenvalue weighted by molar-refractivity contribution is 6.39. The van der Waals surface area contributed by atoms with E-state index in [1.165, 1.54) is 18.3 Å². The lowest BCUT2D eigenvalue weighted by Gasteiger charge is -2.42. The fraction of sp³-hybridized carbons (Fsp3) is 0.731. The molecule has 3 fully saturated rings. The van der Waals surface area contributed by atoms with E-state index in [9.17, 15) is 34.2 Å². The van der Waals surface area contributed by atoms with Gasteiger partial charge in [-0.15, -0.1) is 10.2 Å². The summed E-state index contributed by atoms with van der Waals surface area (Å²) in [7, 11) is 4.61. The first kappa shape index (κ1) is 55.7. The standard InChI is InChI=1S/C52H79N5O12/c1-31-16-12-11-13-17-32(2)43(65-8)28-39-21-19-37(7)52(64,69-39)49(61)50(62)56-23-15-14-18-41(56)51(63)68-44(34(4)26-38-20-22-40(45(27-38)66-9)57-54-30-53-55-57)29-42(58)33(3)25-36(6)47(60)48(67-10)46(59)35(5)24-31/h11-13,16-17,25,30-31,33-35,37-41,43-45,47-48,60,64H,14-15,18-24,26-29H2,1-10H3/b13-11?,16-12+,32-17?,36-25+/t31-,33-,34-,35-,37-,38+,39+,40-,41+,43+,44+,45-,47-,48+,52-/m1/s1. The third-order valence-corrected chi connectivity index (χ3v) is 15.1. The Morgan fingerprint density at radius 2 is 1.64 bits per heavy atom. The summed E-state index contributed by atoms with van der Waals surface area (Å²) in [6.45, 7) is 12.8. The molecule has 384 valence electrons. The first-order valence-corrected chi connectivity index (χ1v) is 25.0. The number of allylic oxidation sites excluding steroid dienone is 6. The number of methoxy groups -OCH3 is 3. The Bertz CT molecular complexity index is 2020. The monoisotopic (exact) mass is 966 g/mol. The molecule has 2 saturated heterocycles. The minimum absolute atomic E-state index is 0.0168. The number of aliphatic hydroxyl groups is 2. The summed E-state index contributed by atoms with van der Waals surface area (Å²) in [5, 5.41) is 35.7. The Hall–Kier alpha value is -4.26. The highest BCUT2D eigenvalue weighted by Gasteiger charge is 2.53. The first-order valence-electron chi connectivity index (χ1n) is 25.0. The molecule has 1 aliphatic carbocycles. The Balaban J connectivity index is 1.46. The van der Waals surface area contributed by atoms with Gasteiger partial charge in [0.25, 0.3) is 11.7 Å². The number of esters is 1. The van der Waals surface area contributed by atoms with Crippen LogP contribution in [0.3, 0.4) is 0 Å². The van der Waals surface area contributed by atoms with Gasteiger partial charge in [-0.25, -0.2) is 4.79 Å². The van der Waals surface area contributed by atoms with Gasteiger partial charge in [-0.05, 0) is 112 Å². The molecule has 3 aliphatic heterocycles. The molecule has 5 rings (SSSR count). The van der Waals surface area contributed by atoms with E-state index in [0.29, 0.717) is 56.9 Å². The highest BCUT2D eigenvalue weighted by atomic mass is 16.6. The van der Waals surface area contributed by atoms with Crippen molar-refractivity contribution in [3.8, 4) is 0 Å². The highest BCUT2D eigenvalue weighted by Crippen LogP contribution is 2.39. The fourth-order valence-corrected chi connectivity index (χ4v) is 10.7. The number of ketones is 3. The van der Waals surface area contributed by atoms with Crippen molar-refractivity contribution in [3.05, 3.63) is 53.9 Å². The van der Waals surface area contributed by atoms with E-state index in [4.69, 9.17) is 23.7 Å². The smallest absolute Gasteiger partial charge is 0.329 e. The number of rotatable bonds is 7. The number of carbonyl (C=O) groups is 5. The fourth-order valence-electron chi connectivity index (χ4n) is 10.7. The van der Waals surface area contributed by atoms with Crippen LogP contribution in [0.4, 0.5) is 0 Å². The first-order chi connectivity index (χ1) is 32.8. The average molecular weight is 966 g/mol. The van der Waals surface area contributed by atoms with Gasteiger partial charge in [-0.2, -0.15) is 4.80 Å². The molecule has 1 amide bonds. The maximum absolute atomic E-state index is 14.5. The molecule has 0 aromatic carbocycles. The van der Waals surface area contributed by atoms with Crippen molar-refractivity contribution in [2.75, 3.05) is 27.9 Å². The molecule has 4 aliphatic rings. The van der Waals surface area contributed by atoms with Crippen LogP contribution in [0.25, 0.3) is 0 Å². The summed E-state index contributed by atoms with van der Waals surface area (Å²) >= 11 is 0. The third kappa shape index (κ3) is 14.2. The number of ether oxygens (including phenoxy) is 5. The summed E-state index contributed by atoms with van der Waals surface area (Å²) in [4.78, 5) is 73.9. The number of hydrogen-bond acceptors (Lipinski definition) is 15. The van der Waals surface area contributed by atoms with Gasteiger partial charge >= 0.3 is 5.97 Å². The number of cyclic esters (lactones) is 1. The Morgan fingerprint density at radius 3 is 2.32 bits per heavy atom. The summed E-state index contributed by atoms with van der Waals surface area (Å²) in [5.74, 6) is -7.94. The Labute approximate surface area is 408 Å². The molecular formula is C52H79N5O12. The van der Waals surface area contributed by atoms with Crippen LogP contribution in [0.2, 0.25) is 0 Å². The maximum atomic E-state index is 14.5. The predicted molar refractivity (Wildman–Crippen MR) is 256 cm³/mol. The number of amides is 1. The molecule has 4 heterocycles. The van der Waals surface area contributed by atoms with Crippen molar-refractivity contribution < 1.29 is 57.9 Å². The van der Waals surface area contributed by atoms with E-state index in [0.717, 1.165) is 18.4 Å². The molecule has 0 unspecified atom stereocenters. The second-order valence-electron chi connectivity index (χ2n) is 20.3. The molecule has 17 nitrogen and oxygen atoms in total. The van der Waals surface area contributed by atoms with Crippen LogP contribution in [0.5, 0.6) is 0 Å². The minimum Gasteiger partial charge on any atom is -0.460 e. The minimum atomic E-state index is -2.43. The van der Waals surface area contributed by atoms with Gasteiger partial charge in [-0.1, -0.05) is 71.1 Å². The maximum Gasteiger partial charge on any atom is 0.329 e. The molecule has 2 bridgehead atoms. The SMILES string of the molecule is CO[C@H]1C[C@@H]2CC[C@@H](C)[C@@](O)(O2)C(=O)C(=O)N2CCCC[C@H]2C(=O)O[C@H]([C@H](C)C[C@@H]2CC[C@@H](n3ncnn3)[C@H](OC)C2)CC(=O)[C@H](C)/C=C(\C)[C@@H](O)[C@@H](OC)C(=O)[C@H](C)C[C@H](C)/C=C/C=CC=C1C. The van der Waals surface area contributed by atoms with E-state index in [1.54, 1.807) is 45.9 Å². The van der Waals surface area contributed by atoms with Crippen molar-refractivity contribution in [2.45, 2.75) is 180 Å². The lowest BCUT2D eigenvalue weighted by Crippen LogP contribution is -2.61. The van der Waals surface area contributed by atoms with Crippen LogP contribution < -0.4 is 0 Å². The zero-order valence-corrected chi connectivity index (χ0v) is 42.5. The van der Waals surface area contributed by atoms with Crippen LogP contribution in [-0.4, -0.2) is 141 Å². The van der Waals surface area contributed by atoms with Gasteiger partial charge in [0.05, 0.1) is 24.4 Å². The molecule has 2 N–H and O–H groups in total. The topological polar surface area (TPSA) is 219 Å². The number of tetrazole rings is 1. The van der Waals surface area contributed by atoms with E-state index in [2.05, 4.69) is 15.4 Å². The van der Waals surface area contributed by atoms with Gasteiger partial charge in [0.15, 0.2) is 12.1 Å². The van der Waals surface area contributed by atoms with Gasteiger partial charge in [0.1, 0.15) is 30.1 Å². The van der Waals surface area contributed by atoms with E-state index < -0.39 is 77.8 Å². The number of piperidine rings is 1. The number of aromatic nitrogens is 4. The summed E-state index contributed by atoms with van der Waals surface area (Å²) in [6.07, 6.45) is 13.7. The number of hydrogen-bond donors (Lipinski definition) is 2. The van der Waals surface area contributed by atoms with Crippen LogP contribution >= 0.6 is 0 Å². The van der Waals surface area contributed by atoms with Gasteiger partial charge in [0.2, 0.25) is 5.79 Å². The summed E-state index contributed by atoms with van der Waals surface area (Å²) in [5.41, 5.74) is 1.27. The quantitative estimate of drug-likeness (QED) is 0.181. The largest absolute Gasteiger partial charge is 0.460 e. The number of Topliss-reactive ketones (excluding diaryl/α,β-unsaturated/α-hetero) is 3. The molecule has 1 saturated carbocycles.